The van der Waals surface area contributed by atoms with Crippen molar-refractivity contribution in [3.8, 4) is 0 Å². The van der Waals surface area contributed by atoms with Crippen molar-refractivity contribution in [2.24, 2.45) is 11.8 Å². The van der Waals surface area contributed by atoms with Gasteiger partial charge in [0.05, 0.1) is 0 Å². The van der Waals surface area contributed by atoms with Crippen LogP contribution in [0.15, 0.2) is 0 Å². The Morgan fingerprint density at radius 2 is 1.40 bits per heavy atom. The van der Waals surface area contributed by atoms with Gasteiger partial charge in [0.2, 0.25) is 0 Å². The molecule has 0 aliphatic rings. The summed E-state index contributed by atoms with van der Waals surface area (Å²) < 4.78 is 31.6. The third-order valence-electron chi connectivity index (χ3n) is 3.10. The molecule has 0 aromatic rings. The van der Waals surface area contributed by atoms with Gasteiger partial charge in [0.15, 0.2) is 0 Å². The van der Waals surface area contributed by atoms with Gasteiger partial charge in [0.25, 0.3) is 0 Å². The zero-order valence-electron chi connectivity index (χ0n) is 13.6. The van der Waals surface area contributed by atoms with Gasteiger partial charge < -0.3 is 6.92 Å². The van der Waals surface area contributed by atoms with Crippen molar-refractivity contribution in [1.82, 2.24) is 0 Å². The summed E-state index contributed by atoms with van der Waals surface area (Å²) in [7, 11) is -4.67. The second-order valence-electron chi connectivity index (χ2n) is 5.25. The molecule has 0 aliphatic heterocycles. The molecule has 118 valence electrons. The Hall–Kier alpha value is 0.870. The summed E-state index contributed by atoms with van der Waals surface area (Å²) in [4.78, 5) is 0. The standard InChI is InChI=1S/C14H29.Na.H2O4S/c1-5-7-11-14(6-2)12-9-8-10-13(3)4;;1-5(2,3)4/h13-14H,3,5-12H2,1-2,4H3;;(H2,1,2,3,4)/q-1;+1;. The van der Waals surface area contributed by atoms with E-state index >= 15 is 0 Å². The summed E-state index contributed by atoms with van der Waals surface area (Å²) in [5.41, 5.74) is 0. The maximum Gasteiger partial charge on any atom is 1.00 e. The predicted molar refractivity (Wildman–Crippen MR) is 80.5 cm³/mol. The third-order valence-corrected chi connectivity index (χ3v) is 3.10. The SMILES string of the molecule is O=S(=O)(O)O.[CH2-]C(C)CCCCC(CC)CCCC.[Na+]. The minimum absolute atomic E-state index is 0. The molecule has 6 heteroatoms. The van der Waals surface area contributed by atoms with E-state index in [-0.39, 0.29) is 29.6 Å². The van der Waals surface area contributed by atoms with E-state index in [2.05, 4.69) is 27.7 Å². The van der Waals surface area contributed by atoms with Crippen molar-refractivity contribution in [1.29, 1.82) is 0 Å². The summed E-state index contributed by atoms with van der Waals surface area (Å²) in [5.74, 6) is 1.64. The smallest absolute Gasteiger partial charge is 0.341 e. The summed E-state index contributed by atoms with van der Waals surface area (Å²) in [6, 6.07) is 0. The van der Waals surface area contributed by atoms with Crippen LogP contribution in [0.3, 0.4) is 0 Å². The molecule has 0 amide bonds. The van der Waals surface area contributed by atoms with Crippen LogP contribution in [0.2, 0.25) is 0 Å². The monoisotopic (exact) mass is 318 g/mol. The van der Waals surface area contributed by atoms with Crippen molar-refractivity contribution < 1.29 is 47.1 Å². The second-order valence-corrected chi connectivity index (χ2v) is 6.15. The summed E-state index contributed by atoms with van der Waals surface area (Å²) in [5, 5.41) is 0. The quantitative estimate of drug-likeness (QED) is 0.293. The van der Waals surface area contributed by atoms with Crippen LogP contribution in [0.1, 0.15) is 72.1 Å². The van der Waals surface area contributed by atoms with E-state index in [0.717, 1.165) is 5.92 Å². The number of hydrogen-bond donors (Lipinski definition) is 2. The fourth-order valence-electron chi connectivity index (χ4n) is 1.97. The molecular weight excluding hydrogens is 287 g/mol. The van der Waals surface area contributed by atoms with Crippen LogP contribution in [0.25, 0.3) is 0 Å². The summed E-state index contributed by atoms with van der Waals surface area (Å²) in [6.07, 6.45) is 11.2. The van der Waals surface area contributed by atoms with Crippen molar-refractivity contribution in [2.45, 2.75) is 72.1 Å². The first-order valence-electron chi connectivity index (χ1n) is 7.23. The van der Waals surface area contributed by atoms with Gasteiger partial charge in [-0.3, -0.25) is 9.11 Å². The van der Waals surface area contributed by atoms with Crippen molar-refractivity contribution in [3.63, 3.8) is 0 Å². The normalized spacial score (nSPS) is 13.7. The fourth-order valence-corrected chi connectivity index (χ4v) is 1.97. The molecule has 0 fully saturated rings. The van der Waals surface area contributed by atoms with Gasteiger partial charge in [-0.15, -0.1) is 0 Å². The Labute approximate surface area is 148 Å². The zero-order valence-corrected chi connectivity index (χ0v) is 16.5. The molecule has 0 aliphatic carbocycles. The Kier molecular flexibility index (Phi) is 21.0. The summed E-state index contributed by atoms with van der Waals surface area (Å²) in [6.45, 7) is 10.9. The van der Waals surface area contributed by atoms with Gasteiger partial charge in [0.1, 0.15) is 0 Å². The molecule has 0 spiro atoms. The molecule has 2 unspecified atom stereocenters. The molecule has 0 heterocycles. The van der Waals surface area contributed by atoms with Gasteiger partial charge in [-0.05, 0) is 5.92 Å². The molecule has 0 radical (unpaired) electrons. The third kappa shape index (κ3) is 31.3. The van der Waals surface area contributed by atoms with Gasteiger partial charge in [0, 0.05) is 0 Å². The van der Waals surface area contributed by atoms with Crippen molar-refractivity contribution >= 4 is 10.4 Å². The molecule has 0 rings (SSSR count). The average Bonchev–Trinajstić information content (AvgIpc) is 2.25. The van der Waals surface area contributed by atoms with E-state index in [1.807, 2.05) is 0 Å². The van der Waals surface area contributed by atoms with E-state index in [4.69, 9.17) is 17.5 Å². The Balaban J connectivity index is -0.000000414. The Morgan fingerprint density at radius 3 is 1.75 bits per heavy atom. The molecule has 4 nitrogen and oxygen atoms in total. The van der Waals surface area contributed by atoms with E-state index in [1.165, 1.54) is 51.4 Å². The van der Waals surface area contributed by atoms with Gasteiger partial charge in [-0.2, -0.15) is 14.3 Å². The van der Waals surface area contributed by atoms with Gasteiger partial charge in [-0.1, -0.05) is 72.1 Å². The first kappa shape index (κ1) is 25.8. The van der Waals surface area contributed by atoms with Crippen LogP contribution < -0.4 is 29.6 Å². The van der Waals surface area contributed by atoms with E-state index in [1.54, 1.807) is 0 Å². The van der Waals surface area contributed by atoms with Crippen LogP contribution in [0, 0.1) is 18.8 Å². The van der Waals surface area contributed by atoms with Crippen LogP contribution in [-0.2, 0) is 10.4 Å². The van der Waals surface area contributed by atoms with Crippen LogP contribution in [-0.4, -0.2) is 17.5 Å². The van der Waals surface area contributed by atoms with Crippen LogP contribution in [0.5, 0.6) is 0 Å². The topological polar surface area (TPSA) is 74.6 Å². The minimum atomic E-state index is -4.67. The van der Waals surface area contributed by atoms with Crippen molar-refractivity contribution in [2.75, 3.05) is 0 Å². The molecule has 20 heavy (non-hydrogen) atoms. The van der Waals surface area contributed by atoms with E-state index in [9.17, 15) is 0 Å². The fraction of sp³-hybridized carbons (Fsp3) is 0.929. The molecule has 0 saturated heterocycles. The average molecular weight is 318 g/mol. The Bertz CT molecular complexity index is 271. The number of unbranched alkanes of at least 4 members (excludes halogenated alkanes) is 2. The van der Waals surface area contributed by atoms with Gasteiger partial charge >= 0.3 is 40.0 Å². The minimum Gasteiger partial charge on any atom is -0.341 e. The number of rotatable bonds is 9. The van der Waals surface area contributed by atoms with Crippen molar-refractivity contribution in [3.05, 3.63) is 6.92 Å². The Morgan fingerprint density at radius 1 is 1.00 bits per heavy atom. The van der Waals surface area contributed by atoms with E-state index in [0.29, 0.717) is 5.92 Å². The number of hydrogen-bond acceptors (Lipinski definition) is 2. The maximum absolute atomic E-state index is 8.74. The summed E-state index contributed by atoms with van der Waals surface area (Å²) >= 11 is 0. The molecule has 2 N–H and O–H groups in total. The van der Waals surface area contributed by atoms with Gasteiger partial charge in [-0.25, -0.2) is 0 Å². The molecule has 2 atom stereocenters. The molecule has 0 aromatic carbocycles. The zero-order chi connectivity index (χ0) is 15.3. The first-order chi connectivity index (χ1) is 8.70. The van der Waals surface area contributed by atoms with E-state index < -0.39 is 10.4 Å². The first-order valence-corrected chi connectivity index (χ1v) is 8.63. The second kappa shape index (κ2) is 16.2. The maximum atomic E-state index is 8.74. The molecule has 0 saturated carbocycles. The largest absolute Gasteiger partial charge is 1.00 e. The van der Waals surface area contributed by atoms with Crippen LogP contribution in [0.4, 0.5) is 0 Å². The molecule has 0 aromatic heterocycles. The molecular formula is C14H31NaO4S. The predicted octanol–water partition coefficient (Wildman–Crippen LogP) is 1.58. The molecule has 0 bridgehead atoms. The van der Waals surface area contributed by atoms with Crippen LogP contribution >= 0.6 is 0 Å².